The number of hydrogen-bond acceptors (Lipinski definition) is 6. The lowest BCUT2D eigenvalue weighted by Gasteiger charge is -2.15. The van der Waals surface area contributed by atoms with E-state index in [4.69, 9.17) is 14.2 Å². The molecule has 1 aliphatic rings. The highest BCUT2D eigenvalue weighted by Crippen LogP contribution is 2.30. The zero-order chi connectivity index (χ0) is 36.9. The summed E-state index contributed by atoms with van der Waals surface area (Å²) in [5.74, 6) is -0.654. The van der Waals surface area contributed by atoms with Crippen molar-refractivity contribution < 1.29 is 28.9 Å². The minimum absolute atomic E-state index is 0.0877. The van der Waals surface area contributed by atoms with Crippen LogP contribution in [0.25, 0.3) is 0 Å². The van der Waals surface area contributed by atoms with Gasteiger partial charge in [-0.25, -0.2) is 0 Å². The molecule has 1 heterocycles. The second kappa shape index (κ2) is 36.4. The van der Waals surface area contributed by atoms with Crippen molar-refractivity contribution in [1.29, 1.82) is 0 Å². The van der Waals surface area contributed by atoms with Crippen LogP contribution in [-0.4, -0.2) is 48.6 Å². The molecule has 1 aliphatic heterocycles. The van der Waals surface area contributed by atoms with Crippen molar-refractivity contribution >= 4 is 11.9 Å². The van der Waals surface area contributed by atoms with E-state index in [-0.39, 0.29) is 31.6 Å². The topological polar surface area (TPSA) is 85.4 Å². The Morgan fingerprint density at radius 1 is 0.569 bits per heavy atom. The van der Waals surface area contributed by atoms with Gasteiger partial charge in [-0.05, 0) is 44.9 Å². The van der Waals surface area contributed by atoms with E-state index in [2.05, 4.69) is 50.3 Å². The molecule has 1 saturated heterocycles. The smallest absolute Gasteiger partial charge is 0.306 e. The summed E-state index contributed by atoms with van der Waals surface area (Å²) >= 11 is 0. The number of allylic oxidation sites excluding steroid dienone is 5. The number of esters is 2. The molecule has 0 spiro atoms. The van der Waals surface area contributed by atoms with Crippen LogP contribution in [0.5, 0.6) is 0 Å². The summed E-state index contributed by atoms with van der Waals surface area (Å²) in [6, 6.07) is 0. The summed E-state index contributed by atoms with van der Waals surface area (Å²) in [7, 11) is 0. The van der Waals surface area contributed by atoms with Gasteiger partial charge in [0.2, 0.25) is 0 Å². The molecule has 1 N–H and O–H groups in total. The Kier molecular flexibility index (Phi) is 33.7. The summed E-state index contributed by atoms with van der Waals surface area (Å²) in [4.78, 5) is 24.3. The van der Waals surface area contributed by atoms with Gasteiger partial charge in [0, 0.05) is 12.8 Å². The van der Waals surface area contributed by atoms with E-state index < -0.39 is 6.10 Å². The highest BCUT2D eigenvalue weighted by molar-refractivity contribution is 5.70. The van der Waals surface area contributed by atoms with Gasteiger partial charge >= 0.3 is 11.9 Å². The zero-order valence-electron chi connectivity index (χ0n) is 33.3. The molecular formula is C45H80O6. The first-order valence-corrected chi connectivity index (χ1v) is 21.7. The molecule has 0 amide bonds. The Hall–Kier alpha value is -1.92. The van der Waals surface area contributed by atoms with Crippen LogP contribution < -0.4 is 0 Å². The predicted molar refractivity (Wildman–Crippen MR) is 214 cm³/mol. The highest BCUT2D eigenvalue weighted by Gasteiger charge is 2.36. The Morgan fingerprint density at radius 2 is 1.04 bits per heavy atom. The van der Waals surface area contributed by atoms with Gasteiger partial charge in [0.1, 0.15) is 6.61 Å². The van der Waals surface area contributed by atoms with Crippen molar-refractivity contribution in [3.8, 4) is 0 Å². The largest absolute Gasteiger partial charge is 0.462 e. The van der Waals surface area contributed by atoms with Gasteiger partial charge in [-0.3, -0.25) is 9.59 Å². The van der Waals surface area contributed by atoms with Crippen molar-refractivity contribution in [3.63, 3.8) is 0 Å². The first-order valence-electron chi connectivity index (χ1n) is 21.7. The van der Waals surface area contributed by atoms with E-state index in [1.165, 1.54) is 128 Å². The van der Waals surface area contributed by atoms with Crippen LogP contribution in [0.4, 0.5) is 0 Å². The summed E-state index contributed by atoms with van der Waals surface area (Å²) in [5.41, 5.74) is 0. The average Bonchev–Trinajstić information content (AvgIpc) is 3.89. The van der Waals surface area contributed by atoms with E-state index in [9.17, 15) is 14.7 Å². The Labute approximate surface area is 314 Å². The maximum absolute atomic E-state index is 12.2. The van der Waals surface area contributed by atoms with Gasteiger partial charge in [-0.15, -0.1) is 0 Å². The van der Waals surface area contributed by atoms with E-state index in [1.54, 1.807) is 0 Å². The van der Waals surface area contributed by atoms with Crippen LogP contribution in [0.15, 0.2) is 36.5 Å². The summed E-state index contributed by atoms with van der Waals surface area (Å²) in [5, 5.41) is 9.57. The normalized spacial score (nSPS) is 16.5. The van der Waals surface area contributed by atoms with Crippen molar-refractivity contribution in [1.82, 2.24) is 0 Å². The van der Waals surface area contributed by atoms with E-state index >= 15 is 0 Å². The number of rotatable bonds is 38. The molecule has 296 valence electrons. The molecule has 6 heteroatoms. The monoisotopic (exact) mass is 717 g/mol. The molecule has 0 aromatic rings. The van der Waals surface area contributed by atoms with Crippen molar-refractivity contribution in [2.45, 2.75) is 225 Å². The third-order valence-corrected chi connectivity index (χ3v) is 9.86. The van der Waals surface area contributed by atoms with Crippen LogP contribution in [-0.2, 0) is 23.8 Å². The zero-order valence-corrected chi connectivity index (χ0v) is 33.3. The first-order chi connectivity index (χ1) is 25.1. The van der Waals surface area contributed by atoms with Gasteiger partial charge in [0.05, 0.1) is 18.8 Å². The first kappa shape index (κ1) is 47.1. The van der Waals surface area contributed by atoms with Gasteiger partial charge < -0.3 is 19.3 Å². The minimum Gasteiger partial charge on any atom is -0.462 e. The van der Waals surface area contributed by atoms with Gasteiger partial charge in [0.15, 0.2) is 6.10 Å². The van der Waals surface area contributed by atoms with Gasteiger partial charge in [-0.1, -0.05) is 185 Å². The third kappa shape index (κ3) is 32.5. The molecule has 0 radical (unpaired) electrons. The third-order valence-electron chi connectivity index (χ3n) is 9.86. The van der Waals surface area contributed by atoms with Crippen LogP contribution in [0.3, 0.4) is 0 Å². The van der Waals surface area contributed by atoms with Gasteiger partial charge in [0.25, 0.3) is 0 Å². The predicted octanol–water partition coefficient (Wildman–Crippen LogP) is 12.6. The number of aliphatic hydroxyl groups is 1. The van der Waals surface area contributed by atoms with Gasteiger partial charge in [-0.2, -0.15) is 0 Å². The fourth-order valence-corrected chi connectivity index (χ4v) is 6.47. The molecule has 0 aliphatic carbocycles. The molecule has 0 aromatic carbocycles. The number of epoxide rings is 1. The number of hydrogen-bond donors (Lipinski definition) is 1. The number of carbonyl (C=O) groups excluding carboxylic acids is 2. The lowest BCUT2D eigenvalue weighted by molar-refractivity contribution is -0.161. The molecule has 0 bridgehead atoms. The van der Waals surface area contributed by atoms with Crippen molar-refractivity contribution in [2.75, 3.05) is 13.2 Å². The van der Waals surface area contributed by atoms with E-state index in [1.807, 2.05) is 0 Å². The van der Waals surface area contributed by atoms with E-state index in [0.717, 1.165) is 44.9 Å². The molecule has 0 saturated carbocycles. The second-order valence-electron chi connectivity index (χ2n) is 14.8. The Morgan fingerprint density at radius 3 is 1.59 bits per heavy atom. The van der Waals surface area contributed by atoms with Crippen LogP contribution >= 0.6 is 0 Å². The maximum atomic E-state index is 12.2. The molecule has 3 atom stereocenters. The number of carbonyl (C=O) groups is 2. The number of ether oxygens (including phenoxy) is 3. The second-order valence-corrected chi connectivity index (χ2v) is 14.8. The SMILES string of the molecule is CCCCCCCCCCCCCCCCCCCCCC(=O)OC[C@H](CO)OC(=O)CCC/C=C\C/C=C\C/C=C\CC1OC1CCCCC. The lowest BCUT2D eigenvalue weighted by Crippen LogP contribution is -2.28. The van der Waals surface area contributed by atoms with Crippen LogP contribution in [0.2, 0.25) is 0 Å². The fourth-order valence-electron chi connectivity index (χ4n) is 6.47. The molecule has 6 nitrogen and oxygen atoms in total. The molecule has 51 heavy (non-hydrogen) atoms. The van der Waals surface area contributed by atoms with Crippen molar-refractivity contribution in [3.05, 3.63) is 36.5 Å². The summed E-state index contributed by atoms with van der Waals surface area (Å²) in [6.07, 6.45) is 48.2. The quantitative estimate of drug-likeness (QED) is 0.0296. The average molecular weight is 717 g/mol. The fraction of sp³-hybridized carbons (Fsp3) is 0.822. The Bertz CT molecular complexity index is 880. The molecular weight excluding hydrogens is 636 g/mol. The highest BCUT2D eigenvalue weighted by atomic mass is 16.6. The molecule has 2 unspecified atom stereocenters. The maximum Gasteiger partial charge on any atom is 0.306 e. The molecule has 1 fully saturated rings. The molecule has 1 rings (SSSR count). The van der Waals surface area contributed by atoms with Crippen LogP contribution in [0, 0.1) is 0 Å². The van der Waals surface area contributed by atoms with Crippen molar-refractivity contribution in [2.24, 2.45) is 0 Å². The van der Waals surface area contributed by atoms with Crippen LogP contribution in [0.1, 0.15) is 206 Å². The lowest BCUT2D eigenvalue weighted by atomic mass is 10.0. The minimum atomic E-state index is -0.801. The standard InChI is InChI=1S/C45H80O6/c1-3-5-7-8-9-10-11-12-13-14-15-16-17-18-19-23-26-29-33-37-44(47)49-40-41(39-46)50-45(48)38-34-30-27-24-21-20-22-25-28-32-36-43-42(51-43)35-31-6-4-2/h20,22,24,27-28,32,41-43,46H,3-19,21,23,25-26,29-31,33-40H2,1-2H3/b22-20-,27-24-,32-28-/t41-,42?,43?/m0/s1. The van der Waals surface area contributed by atoms with E-state index in [0.29, 0.717) is 25.0 Å². The number of aliphatic hydroxyl groups excluding tert-OH is 1. The summed E-state index contributed by atoms with van der Waals surface area (Å²) < 4.78 is 16.3. The molecule has 0 aromatic heterocycles. The Balaban J connectivity index is 1.88. The number of unbranched alkanes of at least 4 members (excludes halogenated alkanes) is 21. The summed E-state index contributed by atoms with van der Waals surface area (Å²) in [6.45, 7) is 4.07.